The molecule has 2 nitrogen and oxygen atoms in total. The average Bonchev–Trinajstić information content (AvgIpc) is 2.38. The van der Waals surface area contributed by atoms with Crippen molar-refractivity contribution in [2.24, 2.45) is 0 Å². The van der Waals surface area contributed by atoms with Crippen molar-refractivity contribution in [3.05, 3.63) is 52.8 Å². The smallest absolute Gasteiger partial charge is 0.0346 e. The lowest BCUT2D eigenvalue weighted by molar-refractivity contribution is 0.674. The van der Waals surface area contributed by atoms with Crippen LogP contribution in [0.3, 0.4) is 0 Å². The van der Waals surface area contributed by atoms with Crippen LogP contribution in [0.1, 0.15) is 35.6 Å². The number of benzene rings is 1. The van der Waals surface area contributed by atoms with Gasteiger partial charge in [-0.3, -0.25) is 4.98 Å². The summed E-state index contributed by atoms with van der Waals surface area (Å²) < 4.78 is 0. The van der Waals surface area contributed by atoms with Crippen LogP contribution in [-0.4, -0.2) is 11.5 Å². The molecule has 20 heavy (non-hydrogen) atoms. The van der Waals surface area contributed by atoms with Gasteiger partial charge in [-0.25, -0.2) is 0 Å². The Labute approximate surface area is 122 Å². The topological polar surface area (TPSA) is 24.9 Å². The summed E-state index contributed by atoms with van der Waals surface area (Å²) in [7, 11) is 0. The van der Waals surface area contributed by atoms with Gasteiger partial charge in [-0.1, -0.05) is 24.6 Å². The van der Waals surface area contributed by atoms with Crippen molar-refractivity contribution in [2.45, 2.75) is 40.7 Å². The third kappa shape index (κ3) is 3.45. The van der Waals surface area contributed by atoms with Crippen molar-refractivity contribution in [3.63, 3.8) is 0 Å². The molecule has 0 saturated carbocycles. The molecule has 1 aromatic heterocycles. The Balaban J connectivity index is 2.31. The molecule has 106 valence electrons. The molecular formula is C18H24N2. The number of nitrogens with zero attached hydrogens (tertiary/aromatic N) is 1. The largest absolute Gasteiger partial charge is 0.313 e. The fourth-order valence-corrected chi connectivity index (χ4v) is 2.77. The highest BCUT2D eigenvalue weighted by Gasteiger charge is 2.07. The zero-order chi connectivity index (χ0) is 14.5. The molecule has 0 fully saturated rings. The summed E-state index contributed by atoms with van der Waals surface area (Å²) >= 11 is 0. The summed E-state index contributed by atoms with van der Waals surface area (Å²) in [5.74, 6) is 0. The van der Waals surface area contributed by atoms with Crippen LogP contribution in [-0.2, 0) is 6.54 Å². The van der Waals surface area contributed by atoms with E-state index in [1.165, 1.54) is 33.4 Å². The molecule has 0 spiro atoms. The molecule has 0 bridgehead atoms. The Bertz CT molecular complexity index is 565. The molecule has 1 heterocycles. The molecule has 1 N–H and O–H groups in total. The monoisotopic (exact) mass is 268 g/mol. The molecule has 0 aliphatic rings. The first-order valence-corrected chi connectivity index (χ1v) is 7.34. The highest BCUT2D eigenvalue weighted by molar-refractivity contribution is 5.71. The minimum Gasteiger partial charge on any atom is -0.313 e. The van der Waals surface area contributed by atoms with Gasteiger partial charge in [0, 0.05) is 24.5 Å². The van der Waals surface area contributed by atoms with E-state index in [1.54, 1.807) is 0 Å². The summed E-state index contributed by atoms with van der Waals surface area (Å²) in [5.41, 5.74) is 7.75. The first-order chi connectivity index (χ1) is 9.61. The Morgan fingerprint density at radius 3 is 2.35 bits per heavy atom. The van der Waals surface area contributed by atoms with Gasteiger partial charge in [0.2, 0.25) is 0 Å². The van der Waals surface area contributed by atoms with Crippen molar-refractivity contribution in [1.82, 2.24) is 10.3 Å². The van der Waals surface area contributed by atoms with Gasteiger partial charge in [0.25, 0.3) is 0 Å². The van der Waals surface area contributed by atoms with Crippen LogP contribution in [0, 0.1) is 20.8 Å². The Morgan fingerprint density at radius 2 is 1.70 bits per heavy atom. The molecule has 2 aromatic rings. The lowest BCUT2D eigenvalue weighted by Gasteiger charge is -2.12. The molecule has 0 amide bonds. The van der Waals surface area contributed by atoms with Gasteiger partial charge in [-0.05, 0) is 62.1 Å². The van der Waals surface area contributed by atoms with Crippen LogP contribution in [0.15, 0.2) is 30.6 Å². The van der Waals surface area contributed by atoms with Gasteiger partial charge >= 0.3 is 0 Å². The van der Waals surface area contributed by atoms with Crippen LogP contribution in [0.5, 0.6) is 0 Å². The van der Waals surface area contributed by atoms with E-state index >= 15 is 0 Å². The quantitative estimate of drug-likeness (QED) is 0.823. The van der Waals surface area contributed by atoms with E-state index < -0.39 is 0 Å². The van der Waals surface area contributed by atoms with Crippen LogP contribution in [0.25, 0.3) is 11.1 Å². The van der Waals surface area contributed by atoms with E-state index in [0.29, 0.717) is 0 Å². The van der Waals surface area contributed by atoms with Crippen LogP contribution >= 0.6 is 0 Å². The molecule has 0 aliphatic heterocycles. The minimum atomic E-state index is 0.888. The average molecular weight is 268 g/mol. The van der Waals surface area contributed by atoms with E-state index in [4.69, 9.17) is 0 Å². The van der Waals surface area contributed by atoms with Crippen LogP contribution in [0.4, 0.5) is 0 Å². The number of hydrogen-bond acceptors (Lipinski definition) is 2. The van der Waals surface area contributed by atoms with Gasteiger partial charge in [0.05, 0.1) is 0 Å². The normalized spacial score (nSPS) is 10.8. The highest BCUT2D eigenvalue weighted by atomic mass is 14.8. The summed E-state index contributed by atoms with van der Waals surface area (Å²) in [5, 5.41) is 3.43. The Hall–Kier alpha value is -1.67. The molecule has 0 unspecified atom stereocenters. The maximum Gasteiger partial charge on any atom is 0.0346 e. The standard InChI is InChI=1S/C18H24N2/c1-5-6-19-10-16-9-17(12-20-11-16)18-14(3)7-13(2)8-15(18)4/h7-9,11-12,19H,5-6,10H2,1-4H3. The van der Waals surface area contributed by atoms with E-state index in [2.05, 4.69) is 56.2 Å². The SMILES string of the molecule is CCCNCc1cncc(-c2c(C)cc(C)cc2C)c1. The number of pyridine rings is 1. The zero-order valence-electron chi connectivity index (χ0n) is 13.0. The number of rotatable bonds is 5. The lowest BCUT2D eigenvalue weighted by atomic mass is 9.94. The van der Waals surface area contributed by atoms with Crippen molar-refractivity contribution >= 4 is 0 Å². The zero-order valence-corrected chi connectivity index (χ0v) is 13.0. The van der Waals surface area contributed by atoms with Crippen LogP contribution < -0.4 is 5.32 Å². The number of aromatic nitrogens is 1. The van der Waals surface area contributed by atoms with Gasteiger partial charge < -0.3 is 5.32 Å². The fraction of sp³-hybridized carbons (Fsp3) is 0.389. The second kappa shape index (κ2) is 6.67. The lowest BCUT2D eigenvalue weighted by Crippen LogP contribution is -2.13. The molecule has 0 radical (unpaired) electrons. The fourth-order valence-electron chi connectivity index (χ4n) is 2.77. The molecule has 2 heteroatoms. The molecular weight excluding hydrogens is 244 g/mol. The van der Waals surface area contributed by atoms with E-state index in [9.17, 15) is 0 Å². The number of hydrogen-bond donors (Lipinski definition) is 1. The van der Waals surface area contributed by atoms with Crippen molar-refractivity contribution in [3.8, 4) is 11.1 Å². The molecule has 2 rings (SSSR count). The second-order valence-corrected chi connectivity index (χ2v) is 5.53. The number of aryl methyl sites for hydroxylation is 3. The van der Waals surface area contributed by atoms with Crippen molar-refractivity contribution in [2.75, 3.05) is 6.54 Å². The maximum atomic E-state index is 4.40. The van der Waals surface area contributed by atoms with E-state index in [-0.39, 0.29) is 0 Å². The predicted molar refractivity (Wildman–Crippen MR) is 85.9 cm³/mol. The van der Waals surface area contributed by atoms with Gasteiger partial charge in [0.15, 0.2) is 0 Å². The summed E-state index contributed by atoms with van der Waals surface area (Å²) in [6.07, 6.45) is 5.07. The van der Waals surface area contributed by atoms with Crippen molar-refractivity contribution in [1.29, 1.82) is 0 Å². The minimum absolute atomic E-state index is 0.888. The molecule has 0 saturated heterocycles. The molecule has 1 aromatic carbocycles. The first kappa shape index (κ1) is 14.7. The van der Waals surface area contributed by atoms with Gasteiger partial charge in [-0.2, -0.15) is 0 Å². The van der Waals surface area contributed by atoms with Crippen LogP contribution in [0.2, 0.25) is 0 Å². The maximum absolute atomic E-state index is 4.40. The first-order valence-electron chi connectivity index (χ1n) is 7.34. The van der Waals surface area contributed by atoms with Gasteiger partial charge in [0.1, 0.15) is 0 Å². The summed E-state index contributed by atoms with van der Waals surface area (Å²) in [6, 6.07) is 6.73. The van der Waals surface area contributed by atoms with Crippen molar-refractivity contribution < 1.29 is 0 Å². The third-order valence-corrected chi connectivity index (χ3v) is 3.52. The third-order valence-electron chi connectivity index (χ3n) is 3.52. The molecule has 0 atom stereocenters. The van der Waals surface area contributed by atoms with E-state index in [0.717, 1.165) is 19.5 Å². The highest BCUT2D eigenvalue weighted by Crippen LogP contribution is 2.28. The molecule has 0 aliphatic carbocycles. The Kier molecular flexibility index (Phi) is 4.91. The summed E-state index contributed by atoms with van der Waals surface area (Å²) in [4.78, 5) is 4.40. The summed E-state index contributed by atoms with van der Waals surface area (Å²) in [6.45, 7) is 10.6. The van der Waals surface area contributed by atoms with Gasteiger partial charge in [-0.15, -0.1) is 0 Å². The predicted octanol–water partition coefficient (Wildman–Crippen LogP) is 4.17. The number of nitrogens with one attached hydrogen (secondary N) is 1. The second-order valence-electron chi connectivity index (χ2n) is 5.53. The Morgan fingerprint density at radius 1 is 1.00 bits per heavy atom. The van der Waals surface area contributed by atoms with E-state index in [1.807, 2.05) is 12.4 Å².